The predicted molar refractivity (Wildman–Crippen MR) is 440 cm³/mol. The summed E-state index contributed by atoms with van der Waals surface area (Å²) in [5.41, 5.74) is 35.3. The molecule has 1 aliphatic heterocycles. The fraction of sp³-hybridized carbons (Fsp3) is 0.658. The molecule has 654 valence electrons. The van der Waals surface area contributed by atoms with Gasteiger partial charge in [0.05, 0.1) is 12.9 Å². The first-order chi connectivity index (χ1) is 55.4. The van der Waals surface area contributed by atoms with Crippen LogP contribution in [0, 0.1) is 23.7 Å². The van der Waals surface area contributed by atoms with E-state index >= 15 is 0 Å². The van der Waals surface area contributed by atoms with Crippen LogP contribution in [0.25, 0.3) is 0 Å². The first-order valence-corrected chi connectivity index (χ1v) is 41.2. The van der Waals surface area contributed by atoms with Crippen LogP contribution in [-0.2, 0) is 84.8 Å². The van der Waals surface area contributed by atoms with Crippen molar-refractivity contribution in [2.45, 2.75) is 250 Å². The minimum atomic E-state index is -1.66. The number of nitrogens with one attached hydrogen (secondary N) is 15. The van der Waals surface area contributed by atoms with E-state index in [0.717, 1.165) is 0 Å². The van der Waals surface area contributed by atoms with E-state index in [1.165, 1.54) is 31.2 Å². The van der Waals surface area contributed by atoms with Crippen LogP contribution in [0.3, 0.4) is 0 Å². The quantitative estimate of drug-likeness (QED) is 0.0189. The van der Waals surface area contributed by atoms with E-state index in [4.69, 9.17) is 34.4 Å². The van der Waals surface area contributed by atoms with E-state index < -0.39 is 193 Å². The molecule has 1 saturated heterocycles. The number of carboxylic acid groups (broad SMARTS) is 1. The number of amides is 14. The Bertz CT molecular complexity index is 3620. The van der Waals surface area contributed by atoms with Crippen LogP contribution in [0.4, 0.5) is 0 Å². The van der Waals surface area contributed by atoms with Crippen LogP contribution in [0.15, 0.2) is 52.8 Å². The van der Waals surface area contributed by atoms with Gasteiger partial charge in [-0.25, -0.2) is 4.98 Å². The van der Waals surface area contributed by atoms with Gasteiger partial charge in [0, 0.05) is 44.2 Å². The summed E-state index contributed by atoms with van der Waals surface area (Å²) in [4.78, 5) is 231. The number of unbranched alkanes of at least 4 members (excludes halogenated alkanes) is 1. The third-order valence-corrected chi connectivity index (χ3v) is 19.2. The van der Waals surface area contributed by atoms with Gasteiger partial charge in [-0.2, -0.15) is 11.8 Å². The molecule has 0 aliphatic carbocycles. The topological polar surface area (TPSA) is 654 Å². The summed E-state index contributed by atoms with van der Waals surface area (Å²) in [6, 6.07) is -10.4. The van der Waals surface area contributed by atoms with E-state index in [1.807, 2.05) is 0 Å². The van der Waals surface area contributed by atoms with Crippen molar-refractivity contribution in [1.29, 1.82) is 0 Å². The third-order valence-electron chi connectivity index (χ3n) is 18.6. The number of aromatic amines is 1. The lowest BCUT2D eigenvalue weighted by atomic mass is 9.98. The average molecular weight is 1670 g/mol. The lowest BCUT2D eigenvalue weighted by Crippen LogP contribution is -2.61. The molecular formula is C76H128N24O16S. The monoisotopic (exact) mass is 1660 g/mol. The van der Waals surface area contributed by atoms with Gasteiger partial charge in [0.2, 0.25) is 82.7 Å². The number of imidazole rings is 1. The van der Waals surface area contributed by atoms with Gasteiger partial charge in [0.25, 0.3) is 0 Å². The fourth-order valence-electron chi connectivity index (χ4n) is 12.4. The Kier molecular flexibility index (Phi) is 46.0. The number of nitrogens with zero attached hydrogens (tertiary/aromatic N) is 3. The lowest BCUT2D eigenvalue weighted by Gasteiger charge is -2.29. The molecule has 2 aromatic rings. The molecule has 2 heterocycles. The zero-order valence-electron chi connectivity index (χ0n) is 68.9. The summed E-state index contributed by atoms with van der Waals surface area (Å²) in [6.45, 7) is 14.4. The highest BCUT2D eigenvalue weighted by Gasteiger charge is 2.39. The van der Waals surface area contributed by atoms with Crippen molar-refractivity contribution in [3.8, 4) is 0 Å². The molecular weight excluding hydrogens is 1540 g/mol. The second kappa shape index (κ2) is 53.5. The molecule has 1 aliphatic rings. The molecule has 1 unspecified atom stereocenters. The number of carbonyl (C=O) groups is 15. The zero-order valence-corrected chi connectivity index (χ0v) is 69.7. The van der Waals surface area contributed by atoms with Gasteiger partial charge >= 0.3 is 5.97 Å². The van der Waals surface area contributed by atoms with Crippen molar-refractivity contribution >= 4 is 112 Å². The van der Waals surface area contributed by atoms with Crippen LogP contribution < -0.4 is 109 Å². The highest BCUT2D eigenvalue weighted by molar-refractivity contribution is 7.98. The number of aromatic nitrogens is 2. The highest BCUT2D eigenvalue weighted by Crippen LogP contribution is 2.17. The molecule has 0 saturated carbocycles. The molecule has 1 aromatic carbocycles. The standard InChI is InChI=1S/C76H128N24O16S/c1-41(2)33-54-69(111)94-50(23-17-30-84-75(79)80)66(108)91-48(21-14-15-28-77)64(106)92-49(22-16-29-78)65(107)93-51(24-18-31-85-76(81)82)67(109)99-58(37-47-38-83-40-87-47)73(115)100-61(44(7)8)74(116)88-45(9)62(104)90-52(25-26-60(102)103)68(110)96-55(34-42(3)4)70(112)97-56(35-43(5)6)71(113)98-57(36-46-19-12-11-13-20-46)72(114)95-53(27-32-117-10)63(105)86-39-59(101)89-54/h11-13,19-20,38,40-45,48-58,61H,14-18,21-37,39,77-78H2,1-10H3,(H,83,87)(H,86,105)(H,88,116)(H,89,101)(H,90,104)(H,91,108)(H,92,106)(H,93,107)(H,94,111)(H,95,114)(H,96,110)(H,97,112)(H,98,113)(H,99,109)(H,100,115)(H,102,103)(H4,79,80,84)(H4,81,82,85)/t45-,48-,49?,50-,51-,52-,53-,54-,55-,56-,57-,58-,61-/m0/s1. The van der Waals surface area contributed by atoms with Crippen molar-refractivity contribution in [3.05, 3.63) is 54.1 Å². The van der Waals surface area contributed by atoms with Crippen LogP contribution in [0.5, 0.6) is 0 Å². The number of aliphatic carboxylic acids is 1. The van der Waals surface area contributed by atoms with Crippen LogP contribution in [0.1, 0.15) is 170 Å². The SMILES string of the molecule is CSCC[C@@H]1NC(=O)[C@H](Cc2ccccc2)NC(=O)[C@H](CC(C)C)NC(=O)[C@H](CC(C)C)NC(=O)[C@H](CCC(=O)O)NC(=O)[C@H](C)NC(=O)[C@H](C(C)C)NC(=O)[C@H](Cc2cnc[nH]2)NC(=O)[C@H](CCCN=C(N)N)NC(=O)C(CCCN)NC(=O)[C@H](CCCCN)NC(=O)[C@H](CCCN=C(N)N)NC(=O)[C@H](CC(C)C)NC(=O)CNC1=O. The lowest BCUT2D eigenvalue weighted by molar-refractivity contribution is -0.139. The molecule has 28 N–H and O–H groups in total. The minimum absolute atomic E-state index is 0.00241. The van der Waals surface area contributed by atoms with Gasteiger partial charge < -0.3 is 119 Å². The highest BCUT2D eigenvalue weighted by atomic mass is 32.2. The number of benzene rings is 1. The van der Waals surface area contributed by atoms with E-state index in [2.05, 4.69) is 94.4 Å². The molecule has 13 atom stereocenters. The summed E-state index contributed by atoms with van der Waals surface area (Å²) in [7, 11) is 0. The molecule has 1 aromatic heterocycles. The fourth-order valence-corrected chi connectivity index (χ4v) is 12.8. The maximum atomic E-state index is 14.8. The summed E-state index contributed by atoms with van der Waals surface area (Å²) >= 11 is 1.34. The van der Waals surface area contributed by atoms with Crippen molar-refractivity contribution in [2.24, 2.45) is 68.1 Å². The van der Waals surface area contributed by atoms with Gasteiger partial charge in [-0.1, -0.05) is 85.7 Å². The predicted octanol–water partition coefficient (Wildman–Crippen LogP) is -3.97. The molecule has 117 heavy (non-hydrogen) atoms. The second-order valence-corrected chi connectivity index (χ2v) is 31.6. The molecule has 14 amide bonds. The Balaban J connectivity index is 2.33. The van der Waals surface area contributed by atoms with Crippen LogP contribution >= 0.6 is 11.8 Å². The van der Waals surface area contributed by atoms with E-state index in [-0.39, 0.29) is 146 Å². The zero-order chi connectivity index (χ0) is 87.4. The maximum Gasteiger partial charge on any atom is 0.303 e. The van der Waals surface area contributed by atoms with Crippen LogP contribution in [0.2, 0.25) is 0 Å². The number of aliphatic imine (C=N–C) groups is 2. The van der Waals surface area contributed by atoms with Gasteiger partial charge in [-0.15, -0.1) is 0 Å². The van der Waals surface area contributed by atoms with Crippen molar-refractivity contribution in [2.75, 3.05) is 44.7 Å². The largest absolute Gasteiger partial charge is 0.481 e. The molecule has 0 spiro atoms. The number of H-pyrrole nitrogens is 1. The normalized spacial score (nSPS) is 23.9. The first kappa shape index (κ1) is 100. The summed E-state index contributed by atoms with van der Waals surface area (Å²) in [6.07, 6.45) is 3.18. The van der Waals surface area contributed by atoms with E-state index in [1.54, 1.807) is 92.0 Å². The number of carbonyl (C=O) groups excluding carboxylic acids is 14. The van der Waals surface area contributed by atoms with Gasteiger partial charge in [0.1, 0.15) is 78.5 Å². The number of thioether (sulfide) groups is 1. The van der Waals surface area contributed by atoms with E-state index in [9.17, 15) is 77.0 Å². The molecule has 0 bridgehead atoms. The van der Waals surface area contributed by atoms with Gasteiger partial charge in [-0.05, 0) is 151 Å². The van der Waals surface area contributed by atoms with E-state index in [0.29, 0.717) is 23.4 Å². The third kappa shape index (κ3) is 39.2. The maximum absolute atomic E-state index is 14.8. The number of rotatable bonds is 32. The van der Waals surface area contributed by atoms with Crippen molar-refractivity contribution in [1.82, 2.24) is 84.4 Å². The molecule has 40 nitrogen and oxygen atoms in total. The van der Waals surface area contributed by atoms with Gasteiger partial charge in [0.15, 0.2) is 11.9 Å². The summed E-state index contributed by atoms with van der Waals surface area (Å²) in [5.74, 6) is -15.8. The van der Waals surface area contributed by atoms with Crippen LogP contribution in [-0.4, -0.2) is 239 Å². The Labute approximate surface area is 687 Å². The molecule has 41 heteroatoms. The Hall–Kier alpha value is -10.7. The average Bonchev–Trinajstić information content (AvgIpc) is 1.53. The van der Waals surface area contributed by atoms with Gasteiger partial charge in [-0.3, -0.25) is 81.9 Å². The first-order valence-electron chi connectivity index (χ1n) is 39.8. The summed E-state index contributed by atoms with van der Waals surface area (Å²) in [5, 5.41) is 47.1. The van der Waals surface area contributed by atoms with Crippen molar-refractivity contribution < 1.29 is 77.0 Å². The van der Waals surface area contributed by atoms with Crippen molar-refractivity contribution in [3.63, 3.8) is 0 Å². The number of guanidine groups is 2. The molecule has 1 fully saturated rings. The smallest absolute Gasteiger partial charge is 0.303 e. The Morgan fingerprint density at radius 1 is 0.453 bits per heavy atom. The number of carboxylic acids is 1. The molecule has 3 rings (SSSR count). The summed E-state index contributed by atoms with van der Waals surface area (Å²) < 4.78 is 0. The number of nitrogens with two attached hydrogens (primary N) is 6. The minimum Gasteiger partial charge on any atom is -0.481 e. The Morgan fingerprint density at radius 3 is 1.26 bits per heavy atom. The number of hydrogen-bond acceptors (Lipinski definition) is 21. The second-order valence-electron chi connectivity index (χ2n) is 30.6. The molecule has 0 radical (unpaired) electrons. The number of hydrogen-bond donors (Lipinski definition) is 22. The Morgan fingerprint density at radius 2 is 0.838 bits per heavy atom.